The molecular weight excluding hydrogens is 322 g/mol. The van der Waals surface area contributed by atoms with Crippen LogP contribution in [-0.4, -0.2) is 0 Å². The fraction of sp³-hybridized carbons (Fsp3) is 0.105. The van der Waals surface area contributed by atoms with Crippen molar-refractivity contribution in [2.75, 3.05) is 0 Å². The smallest absolute Gasteiger partial charge is 0.174 e. The lowest BCUT2D eigenvalue weighted by atomic mass is 10.1. The molecule has 104 valence electrons. The van der Waals surface area contributed by atoms with E-state index < -0.39 is 0 Å². The largest absolute Gasteiger partial charge is 0.201 e. The maximum absolute atomic E-state index is 3.60. The normalized spacial score (nSPS) is 10.5. The summed E-state index contributed by atoms with van der Waals surface area (Å²) < 4.78 is 3.36. The summed E-state index contributed by atoms with van der Waals surface area (Å²) in [7, 11) is 0. The summed E-state index contributed by atoms with van der Waals surface area (Å²) in [4.78, 5) is 0. The van der Waals surface area contributed by atoms with E-state index in [1.54, 1.807) is 0 Å². The third-order valence-corrected chi connectivity index (χ3v) is 4.30. The van der Waals surface area contributed by atoms with Crippen molar-refractivity contribution in [1.29, 1.82) is 0 Å². The van der Waals surface area contributed by atoms with Crippen molar-refractivity contribution in [2.45, 2.75) is 13.0 Å². The highest BCUT2D eigenvalue weighted by molar-refractivity contribution is 9.10. The summed E-state index contributed by atoms with van der Waals surface area (Å²) >= 11 is 3.60. The quantitative estimate of drug-likeness (QED) is 0.621. The molecule has 3 aromatic rings. The van der Waals surface area contributed by atoms with E-state index in [1.165, 1.54) is 16.7 Å². The Morgan fingerprint density at radius 2 is 1.33 bits per heavy atom. The van der Waals surface area contributed by atoms with E-state index in [2.05, 4.69) is 93.6 Å². The van der Waals surface area contributed by atoms with Crippen LogP contribution in [0.15, 0.2) is 83.6 Å². The van der Waals surface area contributed by atoms with Crippen LogP contribution in [0.25, 0.3) is 0 Å². The lowest BCUT2D eigenvalue weighted by Crippen LogP contribution is -2.33. The van der Waals surface area contributed by atoms with Gasteiger partial charge in [0.05, 0.1) is 0 Å². The lowest BCUT2D eigenvalue weighted by Gasteiger charge is -2.03. The van der Waals surface area contributed by atoms with Crippen LogP contribution in [0.1, 0.15) is 16.7 Å². The molecule has 0 unspecified atom stereocenters. The van der Waals surface area contributed by atoms with Gasteiger partial charge in [-0.25, -0.2) is 4.57 Å². The first kappa shape index (κ1) is 14.0. The average molecular weight is 339 g/mol. The van der Waals surface area contributed by atoms with Crippen molar-refractivity contribution in [2.24, 2.45) is 0 Å². The van der Waals surface area contributed by atoms with Gasteiger partial charge in [0.15, 0.2) is 18.9 Å². The molecule has 0 radical (unpaired) electrons. The molecule has 0 N–H and O–H groups in total. The van der Waals surface area contributed by atoms with Gasteiger partial charge in [-0.15, -0.1) is 0 Å². The zero-order chi connectivity index (χ0) is 14.5. The van der Waals surface area contributed by atoms with Gasteiger partial charge in [0.25, 0.3) is 0 Å². The number of benzene rings is 2. The molecule has 1 nitrogen and oxygen atoms in total. The maximum Gasteiger partial charge on any atom is 0.174 e. The van der Waals surface area contributed by atoms with Gasteiger partial charge in [-0.05, 0) is 23.6 Å². The Labute approximate surface area is 134 Å². The zero-order valence-electron chi connectivity index (χ0n) is 11.7. The first-order valence-corrected chi connectivity index (χ1v) is 7.86. The van der Waals surface area contributed by atoms with Gasteiger partial charge in [-0.1, -0.05) is 64.5 Å². The van der Waals surface area contributed by atoms with Crippen LogP contribution in [0.3, 0.4) is 0 Å². The van der Waals surface area contributed by atoms with E-state index >= 15 is 0 Å². The summed E-state index contributed by atoms with van der Waals surface area (Å²) in [5.41, 5.74) is 3.98. The molecular formula is C19H17BrN+. The van der Waals surface area contributed by atoms with E-state index in [4.69, 9.17) is 0 Å². The SMILES string of the molecule is Brc1ccccc1C[n+]1ccc(Cc2ccccc2)cc1. The van der Waals surface area contributed by atoms with Gasteiger partial charge in [0.2, 0.25) is 0 Å². The molecule has 1 aromatic heterocycles. The molecule has 0 spiro atoms. The molecule has 0 atom stereocenters. The number of nitrogens with zero attached hydrogens (tertiary/aromatic N) is 1. The zero-order valence-corrected chi connectivity index (χ0v) is 13.3. The van der Waals surface area contributed by atoms with Gasteiger partial charge in [0.1, 0.15) is 0 Å². The number of hydrogen-bond acceptors (Lipinski definition) is 0. The average Bonchev–Trinajstić information content (AvgIpc) is 2.52. The highest BCUT2D eigenvalue weighted by Crippen LogP contribution is 2.15. The van der Waals surface area contributed by atoms with Gasteiger partial charge in [-0.2, -0.15) is 0 Å². The predicted octanol–water partition coefficient (Wildman–Crippen LogP) is 4.38. The first-order valence-electron chi connectivity index (χ1n) is 7.06. The summed E-state index contributed by atoms with van der Waals surface area (Å²) in [6.45, 7) is 0.882. The number of hydrogen-bond donors (Lipinski definition) is 0. The third kappa shape index (κ3) is 3.79. The Bertz CT molecular complexity index is 705. The highest BCUT2D eigenvalue weighted by atomic mass is 79.9. The second-order valence-electron chi connectivity index (χ2n) is 5.13. The number of pyridine rings is 1. The standard InChI is InChI=1S/C19H17BrN/c20-19-9-5-4-8-18(19)15-21-12-10-17(11-13-21)14-16-6-2-1-3-7-16/h1-13H,14-15H2/q+1. The van der Waals surface area contributed by atoms with Crippen LogP contribution in [0, 0.1) is 0 Å². The molecule has 1 heterocycles. The molecule has 2 heteroatoms. The Morgan fingerprint density at radius 3 is 2.05 bits per heavy atom. The van der Waals surface area contributed by atoms with Crippen LogP contribution >= 0.6 is 15.9 Å². The van der Waals surface area contributed by atoms with E-state index in [9.17, 15) is 0 Å². The van der Waals surface area contributed by atoms with E-state index in [0.717, 1.165) is 17.4 Å². The van der Waals surface area contributed by atoms with Gasteiger partial charge < -0.3 is 0 Å². The molecule has 3 rings (SSSR count). The van der Waals surface area contributed by atoms with Crippen LogP contribution in [0.5, 0.6) is 0 Å². The number of aromatic nitrogens is 1. The molecule has 0 aliphatic heterocycles. The van der Waals surface area contributed by atoms with E-state index in [1.807, 2.05) is 6.07 Å². The Balaban J connectivity index is 1.71. The second-order valence-corrected chi connectivity index (χ2v) is 5.99. The maximum atomic E-state index is 3.60. The molecule has 2 aromatic carbocycles. The minimum absolute atomic E-state index is 0.882. The van der Waals surface area contributed by atoms with Crippen molar-refractivity contribution in [3.05, 3.63) is 100 Å². The Hall–Kier alpha value is -1.93. The molecule has 0 saturated carbocycles. The van der Waals surface area contributed by atoms with Crippen molar-refractivity contribution in [3.8, 4) is 0 Å². The van der Waals surface area contributed by atoms with Crippen molar-refractivity contribution in [3.63, 3.8) is 0 Å². The molecule has 0 aliphatic rings. The third-order valence-electron chi connectivity index (χ3n) is 3.52. The van der Waals surface area contributed by atoms with Crippen molar-refractivity contribution in [1.82, 2.24) is 0 Å². The lowest BCUT2D eigenvalue weighted by molar-refractivity contribution is -0.688. The second kappa shape index (κ2) is 6.68. The topological polar surface area (TPSA) is 3.88 Å². The molecule has 0 saturated heterocycles. The minimum atomic E-state index is 0.882. The first-order chi connectivity index (χ1) is 10.3. The fourth-order valence-electron chi connectivity index (χ4n) is 2.37. The number of rotatable bonds is 4. The Kier molecular flexibility index (Phi) is 4.46. The molecule has 0 fully saturated rings. The van der Waals surface area contributed by atoms with E-state index in [-0.39, 0.29) is 0 Å². The van der Waals surface area contributed by atoms with Gasteiger partial charge in [-0.3, -0.25) is 0 Å². The van der Waals surface area contributed by atoms with E-state index in [0.29, 0.717) is 0 Å². The van der Waals surface area contributed by atoms with Crippen LogP contribution in [0.2, 0.25) is 0 Å². The summed E-state index contributed by atoms with van der Waals surface area (Å²) in [5, 5.41) is 0. The molecule has 0 bridgehead atoms. The summed E-state index contributed by atoms with van der Waals surface area (Å²) in [6.07, 6.45) is 5.28. The molecule has 21 heavy (non-hydrogen) atoms. The summed E-state index contributed by atoms with van der Waals surface area (Å²) in [6, 6.07) is 23.3. The molecule has 0 amide bonds. The van der Waals surface area contributed by atoms with Gasteiger partial charge in [0, 0.05) is 22.2 Å². The monoisotopic (exact) mass is 338 g/mol. The fourth-order valence-corrected chi connectivity index (χ4v) is 2.78. The van der Waals surface area contributed by atoms with Crippen LogP contribution in [-0.2, 0) is 13.0 Å². The number of halogens is 1. The van der Waals surface area contributed by atoms with Crippen molar-refractivity contribution >= 4 is 15.9 Å². The minimum Gasteiger partial charge on any atom is -0.201 e. The summed E-state index contributed by atoms with van der Waals surface area (Å²) in [5.74, 6) is 0. The van der Waals surface area contributed by atoms with Gasteiger partial charge >= 0.3 is 0 Å². The highest BCUT2D eigenvalue weighted by Gasteiger charge is 2.06. The molecule has 0 aliphatic carbocycles. The van der Waals surface area contributed by atoms with Crippen LogP contribution in [0.4, 0.5) is 0 Å². The van der Waals surface area contributed by atoms with Crippen LogP contribution < -0.4 is 4.57 Å². The Morgan fingerprint density at radius 1 is 0.714 bits per heavy atom. The van der Waals surface area contributed by atoms with Crippen molar-refractivity contribution < 1.29 is 4.57 Å². The predicted molar refractivity (Wildman–Crippen MR) is 89.1 cm³/mol.